The number of para-hydroxylation sites is 1. The maximum atomic E-state index is 12.8. The molecule has 1 saturated carbocycles. The monoisotopic (exact) mass is 395 g/mol. The van der Waals surface area contributed by atoms with Crippen molar-refractivity contribution in [2.24, 2.45) is 11.1 Å². The van der Waals surface area contributed by atoms with E-state index < -0.39 is 0 Å². The van der Waals surface area contributed by atoms with Gasteiger partial charge >= 0.3 is 0 Å². The van der Waals surface area contributed by atoms with Gasteiger partial charge in [-0.25, -0.2) is 0 Å². The first-order chi connectivity index (χ1) is 12.4. The summed E-state index contributed by atoms with van der Waals surface area (Å²) in [6.07, 6.45) is 6.00. The number of nitrogens with one attached hydrogen (secondary N) is 1. The maximum Gasteiger partial charge on any atom is 0.244 e. The lowest BCUT2D eigenvalue weighted by Gasteiger charge is -2.37. The Hall–Kier alpha value is -1.59. The Morgan fingerprint density at radius 3 is 2.26 bits per heavy atom. The molecule has 0 aliphatic heterocycles. The van der Waals surface area contributed by atoms with Crippen LogP contribution >= 0.6 is 12.4 Å². The van der Waals surface area contributed by atoms with Gasteiger partial charge in [-0.3, -0.25) is 9.59 Å². The van der Waals surface area contributed by atoms with Gasteiger partial charge < -0.3 is 16.0 Å². The number of aryl methyl sites for hydroxylation is 2. The van der Waals surface area contributed by atoms with Gasteiger partial charge in [-0.05, 0) is 56.7 Å². The van der Waals surface area contributed by atoms with Crippen LogP contribution in [0.1, 0.15) is 56.6 Å². The van der Waals surface area contributed by atoms with E-state index >= 15 is 0 Å². The number of nitrogens with zero attached hydrogens (tertiary/aromatic N) is 1. The summed E-state index contributed by atoms with van der Waals surface area (Å²) >= 11 is 0. The van der Waals surface area contributed by atoms with Crippen LogP contribution in [-0.4, -0.2) is 36.3 Å². The van der Waals surface area contributed by atoms with Crippen LogP contribution in [-0.2, 0) is 9.59 Å². The van der Waals surface area contributed by atoms with E-state index in [1.807, 2.05) is 39.0 Å². The molecule has 0 bridgehead atoms. The second kappa shape index (κ2) is 10.7. The SMILES string of the molecule is CCN(CC(=O)Nc1c(C)cccc1C)C(=O)CC1(CN)CCCCC1.Cl. The fraction of sp³-hybridized carbons (Fsp3) is 0.619. The summed E-state index contributed by atoms with van der Waals surface area (Å²) < 4.78 is 0. The molecule has 1 fully saturated rings. The second-order valence-corrected chi connectivity index (χ2v) is 7.66. The van der Waals surface area contributed by atoms with Crippen molar-refractivity contribution in [2.75, 3.05) is 25.0 Å². The molecule has 0 radical (unpaired) electrons. The number of carbonyl (C=O) groups excluding carboxylic acids is 2. The van der Waals surface area contributed by atoms with Crippen molar-refractivity contribution in [3.63, 3.8) is 0 Å². The highest BCUT2D eigenvalue weighted by Crippen LogP contribution is 2.38. The molecule has 0 unspecified atom stereocenters. The van der Waals surface area contributed by atoms with E-state index in [0.29, 0.717) is 19.5 Å². The molecule has 1 aromatic carbocycles. The van der Waals surface area contributed by atoms with Crippen molar-refractivity contribution in [2.45, 2.75) is 59.3 Å². The number of carbonyl (C=O) groups is 2. The van der Waals surface area contributed by atoms with Crippen molar-refractivity contribution >= 4 is 29.9 Å². The number of rotatable bonds is 7. The predicted molar refractivity (Wildman–Crippen MR) is 113 cm³/mol. The Labute approximate surface area is 169 Å². The van der Waals surface area contributed by atoms with Crippen LogP contribution in [0.2, 0.25) is 0 Å². The lowest BCUT2D eigenvalue weighted by molar-refractivity contribution is -0.137. The Balaban J connectivity index is 0.00000364. The maximum absolute atomic E-state index is 12.8. The van der Waals surface area contributed by atoms with Gasteiger partial charge in [0.15, 0.2) is 0 Å². The number of hydrogen-bond donors (Lipinski definition) is 2. The first-order valence-corrected chi connectivity index (χ1v) is 9.75. The van der Waals surface area contributed by atoms with Crippen LogP contribution in [0, 0.1) is 19.3 Å². The Morgan fingerprint density at radius 2 is 1.74 bits per heavy atom. The zero-order valence-corrected chi connectivity index (χ0v) is 17.7. The van der Waals surface area contributed by atoms with Crippen LogP contribution in [0.3, 0.4) is 0 Å². The predicted octanol–water partition coefficient (Wildman–Crippen LogP) is 3.81. The molecule has 1 aromatic rings. The summed E-state index contributed by atoms with van der Waals surface area (Å²) in [5, 5.41) is 2.97. The minimum atomic E-state index is -0.150. The van der Waals surface area contributed by atoms with Crippen molar-refractivity contribution in [1.82, 2.24) is 4.90 Å². The highest BCUT2D eigenvalue weighted by atomic mass is 35.5. The molecule has 6 heteroatoms. The van der Waals surface area contributed by atoms with E-state index in [2.05, 4.69) is 5.32 Å². The number of halogens is 1. The molecule has 0 aromatic heterocycles. The number of hydrogen-bond acceptors (Lipinski definition) is 3. The summed E-state index contributed by atoms with van der Waals surface area (Å²) in [5.41, 5.74) is 8.83. The van der Waals surface area contributed by atoms with Crippen molar-refractivity contribution in [3.05, 3.63) is 29.3 Å². The Bertz CT molecular complexity index is 622. The molecule has 5 nitrogen and oxygen atoms in total. The number of likely N-dealkylation sites (N-methyl/N-ethyl adjacent to an activating group) is 1. The number of amides is 2. The zero-order valence-electron chi connectivity index (χ0n) is 16.8. The summed E-state index contributed by atoms with van der Waals surface area (Å²) in [6.45, 7) is 7.02. The third-order valence-electron chi connectivity index (χ3n) is 5.69. The van der Waals surface area contributed by atoms with Crippen LogP contribution in [0.4, 0.5) is 5.69 Å². The molecule has 27 heavy (non-hydrogen) atoms. The lowest BCUT2D eigenvalue weighted by Crippen LogP contribution is -2.43. The zero-order chi connectivity index (χ0) is 19.2. The Kier molecular flexibility index (Phi) is 9.27. The molecule has 152 valence electrons. The standard InChI is InChI=1S/C21H33N3O2.ClH/c1-4-24(19(26)13-21(15-22)11-6-5-7-12-21)14-18(25)23-20-16(2)9-8-10-17(20)3;/h8-10H,4-7,11-15,22H2,1-3H3,(H,23,25);1H. The van der Waals surface area contributed by atoms with Crippen LogP contribution < -0.4 is 11.1 Å². The van der Waals surface area contributed by atoms with E-state index in [4.69, 9.17) is 5.73 Å². The average molecular weight is 396 g/mol. The third-order valence-corrected chi connectivity index (χ3v) is 5.69. The van der Waals surface area contributed by atoms with E-state index in [1.165, 1.54) is 6.42 Å². The second-order valence-electron chi connectivity index (χ2n) is 7.66. The number of benzene rings is 1. The molecule has 0 heterocycles. The normalized spacial score (nSPS) is 15.6. The topological polar surface area (TPSA) is 75.4 Å². The van der Waals surface area contributed by atoms with Gasteiger partial charge in [0.05, 0.1) is 6.54 Å². The minimum absolute atomic E-state index is 0. The molecule has 3 N–H and O–H groups in total. The number of nitrogens with two attached hydrogens (primary N) is 1. The van der Waals surface area contributed by atoms with Gasteiger partial charge in [-0.1, -0.05) is 37.5 Å². The van der Waals surface area contributed by atoms with Gasteiger partial charge in [0, 0.05) is 18.7 Å². The highest BCUT2D eigenvalue weighted by molar-refractivity contribution is 5.95. The van der Waals surface area contributed by atoms with Gasteiger partial charge in [0.25, 0.3) is 0 Å². The van der Waals surface area contributed by atoms with Crippen molar-refractivity contribution < 1.29 is 9.59 Å². The summed E-state index contributed by atoms with van der Waals surface area (Å²) in [5.74, 6) is -0.112. The quantitative estimate of drug-likeness (QED) is 0.737. The summed E-state index contributed by atoms with van der Waals surface area (Å²) in [7, 11) is 0. The molecule has 0 atom stereocenters. The van der Waals surface area contributed by atoms with E-state index in [1.54, 1.807) is 4.90 Å². The molecular weight excluding hydrogens is 362 g/mol. The van der Waals surface area contributed by atoms with E-state index in [0.717, 1.165) is 42.5 Å². The number of anilines is 1. The van der Waals surface area contributed by atoms with Crippen LogP contribution in [0.5, 0.6) is 0 Å². The fourth-order valence-corrected chi connectivity index (χ4v) is 3.93. The lowest BCUT2D eigenvalue weighted by atomic mass is 9.71. The van der Waals surface area contributed by atoms with Crippen LogP contribution in [0.25, 0.3) is 0 Å². The van der Waals surface area contributed by atoms with Crippen molar-refractivity contribution in [1.29, 1.82) is 0 Å². The third kappa shape index (κ3) is 6.22. The summed E-state index contributed by atoms with van der Waals surface area (Å²) in [4.78, 5) is 27.0. The van der Waals surface area contributed by atoms with Crippen LogP contribution in [0.15, 0.2) is 18.2 Å². The molecule has 1 aliphatic carbocycles. The van der Waals surface area contributed by atoms with E-state index in [-0.39, 0.29) is 36.2 Å². The molecule has 2 rings (SSSR count). The van der Waals surface area contributed by atoms with Gasteiger partial charge in [-0.2, -0.15) is 0 Å². The first-order valence-electron chi connectivity index (χ1n) is 9.75. The summed E-state index contributed by atoms with van der Waals surface area (Å²) in [6, 6.07) is 5.91. The fourth-order valence-electron chi connectivity index (χ4n) is 3.93. The molecule has 2 amide bonds. The minimum Gasteiger partial charge on any atom is -0.334 e. The van der Waals surface area contributed by atoms with Gasteiger partial charge in [-0.15, -0.1) is 12.4 Å². The van der Waals surface area contributed by atoms with Gasteiger partial charge in [0.2, 0.25) is 11.8 Å². The average Bonchev–Trinajstić information content (AvgIpc) is 2.63. The highest BCUT2D eigenvalue weighted by Gasteiger charge is 2.34. The molecule has 1 aliphatic rings. The van der Waals surface area contributed by atoms with Crippen molar-refractivity contribution in [3.8, 4) is 0 Å². The molecule has 0 saturated heterocycles. The molecule has 0 spiro atoms. The largest absolute Gasteiger partial charge is 0.334 e. The molecular formula is C21H34ClN3O2. The van der Waals surface area contributed by atoms with Gasteiger partial charge in [0.1, 0.15) is 0 Å². The smallest absolute Gasteiger partial charge is 0.244 e. The first kappa shape index (κ1) is 23.4. The van der Waals surface area contributed by atoms with E-state index in [9.17, 15) is 9.59 Å². The Morgan fingerprint density at radius 1 is 1.15 bits per heavy atom.